The molecule has 0 spiro atoms. The zero-order valence-electron chi connectivity index (χ0n) is 10.6. The molecule has 1 aromatic rings. The molecule has 0 bridgehead atoms. The van der Waals surface area contributed by atoms with Gasteiger partial charge in [0.05, 0.1) is 7.11 Å². The lowest BCUT2D eigenvalue weighted by Crippen LogP contribution is -2.24. The fourth-order valence-electron chi connectivity index (χ4n) is 2.24. The summed E-state index contributed by atoms with van der Waals surface area (Å²) < 4.78 is 5.33. The predicted octanol–water partition coefficient (Wildman–Crippen LogP) is 3.85. The molecule has 1 aromatic carbocycles. The molecular weight excluding hydrogens is 269 g/mol. The first-order chi connectivity index (χ1) is 8.69. The highest BCUT2D eigenvalue weighted by Gasteiger charge is 2.41. The molecule has 1 aliphatic rings. The number of ether oxygens (including phenoxy) is 1. The first kappa shape index (κ1) is 14.0. The summed E-state index contributed by atoms with van der Waals surface area (Å²) >= 11 is 11.8. The van der Waals surface area contributed by atoms with Crippen LogP contribution in [0.2, 0.25) is 5.02 Å². The van der Waals surface area contributed by atoms with Crippen LogP contribution in [0, 0.1) is 5.41 Å². The van der Waals surface area contributed by atoms with E-state index in [1.165, 1.54) is 12.8 Å². The average molecular weight is 288 g/mol. The summed E-state index contributed by atoms with van der Waals surface area (Å²) in [5.41, 5.74) is 1.56. The van der Waals surface area contributed by atoms with E-state index in [0.717, 1.165) is 41.7 Å². The number of benzene rings is 1. The Hall–Kier alpha value is -0.440. The van der Waals surface area contributed by atoms with Gasteiger partial charge in [-0.15, -0.1) is 11.6 Å². The molecule has 1 N–H and O–H groups in total. The van der Waals surface area contributed by atoms with Crippen molar-refractivity contribution >= 4 is 23.2 Å². The lowest BCUT2D eigenvalue weighted by Gasteiger charge is -2.15. The number of alkyl halides is 1. The van der Waals surface area contributed by atoms with E-state index in [9.17, 15) is 0 Å². The first-order valence-corrected chi connectivity index (χ1v) is 7.19. The van der Waals surface area contributed by atoms with Crippen LogP contribution in [0.15, 0.2) is 18.2 Å². The zero-order chi connectivity index (χ0) is 13.0. The maximum atomic E-state index is 6.00. The van der Waals surface area contributed by atoms with Gasteiger partial charge in [0, 0.05) is 29.6 Å². The van der Waals surface area contributed by atoms with Crippen molar-refractivity contribution in [1.29, 1.82) is 0 Å². The summed E-state index contributed by atoms with van der Waals surface area (Å²) in [6.07, 6.45) is 3.69. The molecule has 1 aliphatic carbocycles. The lowest BCUT2D eigenvalue weighted by atomic mass is 10.0. The van der Waals surface area contributed by atoms with E-state index in [4.69, 9.17) is 27.9 Å². The van der Waals surface area contributed by atoms with Crippen molar-refractivity contribution < 1.29 is 4.74 Å². The van der Waals surface area contributed by atoms with Gasteiger partial charge in [-0.2, -0.15) is 0 Å². The Morgan fingerprint density at radius 3 is 2.78 bits per heavy atom. The highest BCUT2D eigenvalue weighted by molar-refractivity contribution is 6.30. The van der Waals surface area contributed by atoms with Crippen molar-refractivity contribution in [3.63, 3.8) is 0 Å². The molecule has 1 saturated carbocycles. The Kier molecular flexibility index (Phi) is 4.77. The van der Waals surface area contributed by atoms with Crippen molar-refractivity contribution in [3.8, 4) is 5.75 Å². The molecule has 0 aromatic heterocycles. The molecule has 0 radical (unpaired) electrons. The summed E-state index contributed by atoms with van der Waals surface area (Å²) in [5.74, 6) is 1.64. The van der Waals surface area contributed by atoms with Crippen LogP contribution in [0.5, 0.6) is 5.75 Å². The third kappa shape index (κ3) is 3.53. The smallest absolute Gasteiger partial charge is 0.123 e. The summed E-state index contributed by atoms with van der Waals surface area (Å²) in [4.78, 5) is 0. The van der Waals surface area contributed by atoms with Crippen molar-refractivity contribution in [1.82, 2.24) is 5.32 Å². The normalized spacial score (nSPS) is 16.6. The van der Waals surface area contributed by atoms with Gasteiger partial charge in [0.1, 0.15) is 5.75 Å². The molecule has 2 rings (SSSR count). The lowest BCUT2D eigenvalue weighted by molar-refractivity contribution is 0.402. The van der Waals surface area contributed by atoms with Crippen LogP contribution in [0.3, 0.4) is 0 Å². The molecule has 0 saturated heterocycles. The van der Waals surface area contributed by atoms with Gasteiger partial charge in [-0.3, -0.25) is 0 Å². The van der Waals surface area contributed by atoms with Crippen molar-refractivity contribution in [2.45, 2.75) is 25.8 Å². The SMILES string of the molecule is COc1ccc(Cl)cc1CNCC1(CCCl)CC1. The van der Waals surface area contributed by atoms with E-state index < -0.39 is 0 Å². The maximum Gasteiger partial charge on any atom is 0.123 e. The predicted molar refractivity (Wildman–Crippen MR) is 76.7 cm³/mol. The summed E-state index contributed by atoms with van der Waals surface area (Å²) in [7, 11) is 1.68. The Balaban J connectivity index is 1.88. The Bertz CT molecular complexity index is 405. The van der Waals surface area contributed by atoms with Crippen molar-refractivity contribution in [3.05, 3.63) is 28.8 Å². The fraction of sp³-hybridized carbons (Fsp3) is 0.571. The van der Waals surface area contributed by atoms with Gasteiger partial charge >= 0.3 is 0 Å². The van der Waals surface area contributed by atoms with Crippen LogP contribution in [0.4, 0.5) is 0 Å². The van der Waals surface area contributed by atoms with Crippen LogP contribution in [0.1, 0.15) is 24.8 Å². The highest BCUT2D eigenvalue weighted by Crippen LogP contribution is 2.48. The molecule has 18 heavy (non-hydrogen) atoms. The molecule has 4 heteroatoms. The second kappa shape index (κ2) is 6.14. The van der Waals surface area contributed by atoms with Gasteiger partial charge < -0.3 is 10.1 Å². The molecule has 100 valence electrons. The molecule has 0 heterocycles. The number of hydrogen-bond donors (Lipinski definition) is 1. The van der Waals surface area contributed by atoms with E-state index in [2.05, 4.69) is 5.32 Å². The van der Waals surface area contributed by atoms with Crippen LogP contribution in [-0.2, 0) is 6.54 Å². The molecular formula is C14H19Cl2NO. The van der Waals surface area contributed by atoms with Crippen LogP contribution >= 0.6 is 23.2 Å². The van der Waals surface area contributed by atoms with Gasteiger partial charge in [0.15, 0.2) is 0 Å². The number of halogens is 2. The second-order valence-electron chi connectivity index (χ2n) is 5.00. The molecule has 0 atom stereocenters. The third-order valence-corrected chi connectivity index (χ3v) is 4.06. The summed E-state index contributed by atoms with van der Waals surface area (Å²) in [5, 5.41) is 4.24. The van der Waals surface area contributed by atoms with E-state index >= 15 is 0 Å². The van der Waals surface area contributed by atoms with Gasteiger partial charge in [-0.25, -0.2) is 0 Å². The minimum absolute atomic E-state index is 0.452. The standard InChI is InChI=1S/C14H19Cl2NO/c1-18-13-3-2-12(16)8-11(13)9-17-10-14(4-5-14)6-7-15/h2-3,8,17H,4-7,9-10H2,1H3. The van der Waals surface area contributed by atoms with Crippen LogP contribution < -0.4 is 10.1 Å². The van der Waals surface area contributed by atoms with E-state index in [-0.39, 0.29) is 0 Å². The van der Waals surface area contributed by atoms with E-state index in [1.54, 1.807) is 7.11 Å². The largest absolute Gasteiger partial charge is 0.496 e. The average Bonchev–Trinajstić information content (AvgIpc) is 3.10. The minimum atomic E-state index is 0.452. The Morgan fingerprint density at radius 1 is 1.39 bits per heavy atom. The topological polar surface area (TPSA) is 21.3 Å². The molecule has 0 aliphatic heterocycles. The second-order valence-corrected chi connectivity index (χ2v) is 5.81. The van der Waals surface area contributed by atoms with Gasteiger partial charge in [-0.1, -0.05) is 11.6 Å². The molecule has 1 fully saturated rings. The molecule has 0 amide bonds. The summed E-state index contributed by atoms with van der Waals surface area (Å²) in [6.45, 7) is 1.81. The van der Waals surface area contributed by atoms with Gasteiger partial charge in [-0.05, 0) is 42.9 Å². The highest BCUT2D eigenvalue weighted by atomic mass is 35.5. The molecule has 2 nitrogen and oxygen atoms in total. The number of nitrogens with one attached hydrogen (secondary N) is 1. The third-order valence-electron chi connectivity index (χ3n) is 3.64. The quantitative estimate of drug-likeness (QED) is 0.769. The maximum absolute atomic E-state index is 6.00. The van der Waals surface area contributed by atoms with Crippen LogP contribution in [-0.4, -0.2) is 19.5 Å². The summed E-state index contributed by atoms with van der Waals surface area (Å²) in [6, 6.07) is 5.71. The van der Waals surface area contributed by atoms with Crippen LogP contribution in [0.25, 0.3) is 0 Å². The number of hydrogen-bond acceptors (Lipinski definition) is 2. The minimum Gasteiger partial charge on any atom is -0.496 e. The van der Waals surface area contributed by atoms with Gasteiger partial charge in [0.25, 0.3) is 0 Å². The number of methoxy groups -OCH3 is 1. The van der Waals surface area contributed by atoms with Crippen molar-refractivity contribution in [2.24, 2.45) is 5.41 Å². The number of rotatable bonds is 7. The molecule has 0 unspecified atom stereocenters. The zero-order valence-corrected chi connectivity index (χ0v) is 12.2. The fourth-order valence-corrected chi connectivity index (χ4v) is 2.84. The van der Waals surface area contributed by atoms with Gasteiger partial charge in [0.2, 0.25) is 0 Å². The van der Waals surface area contributed by atoms with E-state index in [0.29, 0.717) is 5.41 Å². The first-order valence-electron chi connectivity index (χ1n) is 6.28. The Morgan fingerprint density at radius 2 is 2.17 bits per heavy atom. The Labute approximate surface area is 119 Å². The van der Waals surface area contributed by atoms with Crippen molar-refractivity contribution in [2.75, 3.05) is 19.5 Å². The monoisotopic (exact) mass is 287 g/mol. The van der Waals surface area contributed by atoms with E-state index in [1.807, 2.05) is 18.2 Å².